The van der Waals surface area contributed by atoms with Crippen LogP contribution in [0.1, 0.15) is 12.0 Å². The van der Waals surface area contributed by atoms with Crippen LogP contribution in [0.5, 0.6) is 0 Å². The molecule has 0 amide bonds. The number of non-ortho nitro benzene ring substituents is 1. The molecule has 0 unspecified atom stereocenters. The first-order valence-electron chi connectivity index (χ1n) is 5.32. The summed E-state index contributed by atoms with van der Waals surface area (Å²) in [6.07, 6.45) is 1.07. The van der Waals surface area contributed by atoms with Crippen molar-refractivity contribution in [3.8, 4) is 0 Å². The molecule has 0 fully saturated rings. The number of hydrogen-bond donors (Lipinski definition) is 2. The molecular weight excluding hydrogens is 277 g/mol. The number of hydrogen-bond acceptors (Lipinski definition) is 4. The minimum Gasteiger partial charge on any atom is -0.320 e. The Kier molecular flexibility index (Phi) is 12.1. The van der Waals surface area contributed by atoms with Crippen molar-refractivity contribution in [2.75, 3.05) is 20.1 Å². The van der Waals surface area contributed by atoms with Gasteiger partial charge in [-0.3, -0.25) is 10.1 Å². The molecule has 2 N–H and O–H groups in total. The molecule has 0 atom stereocenters. The van der Waals surface area contributed by atoms with Crippen LogP contribution < -0.4 is 10.6 Å². The highest BCUT2D eigenvalue weighted by molar-refractivity contribution is 5.85. The van der Waals surface area contributed by atoms with Gasteiger partial charge < -0.3 is 10.6 Å². The second kappa shape index (κ2) is 11.2. The lowest BCUT2D eigenvalue weighted by Gasteiger charge is -2.04. The molecule has 18 heavy (non-hydrogen) atoms. The maximum absolute atomic E-state index is 10.4. The molecule has 0 radical (unpaired) electrons. The molecule has 0 saturated carbocycles. The number of nitro groups is 1. The Balaban J connectivity index is 0. The lowest BCUT2D eigenvalue weighted by Crippen LogP contribution is -2.19. The molecule has 0 aliphatic rings. The van der Waals surface area contributed by atoms with E-state index in [-0.39, 0.29) is 35.4 Å². The van der Waals surface area contributed by atoms with Crippen LogP contribution in [0.15, 0.2) is 24.3 Å². The van der Waals surface area contributed by atoms with E-state index in [1.165, 1.54) is 12.1 Å². The summed E-state index contributed by atoms with van der Waals surface area (Å²) in [5.74, 6) is 0. The standard InChI is InChI=1S/C11H17N3O2.2ClH/c1-12-7-2-8-13-9-10-3-5-11(6-4-10)14(15)16;;/h3-6,12-13H,2,7-9H2,1H3;2*1H. The Morgan fingerprint density at radius 1 is 1.17 bits per heavy atom. The van der Waals surface area contributed by atoms with E-state index in [1.807, 2.05) is 7.05 Å². The summed E-state index contributed by atoms with van der Waals surface area (Å²) in [5.41, 5.74) is 1.20. The van der Waals surface area contributed by atoms with E-state index >= 15 is 0 Å². The molecule has 7 heteroatoms. The lowest BCUT2D eigenvalue weighted by atomic mass is 10.2. The molecule has 0 spiro atoms. The molecule has 1 aromatic carbocycles. The summed E-state index contributed by atoms with van der Waals surface area (Å²) < 4.78 is 0. The van der Waals surface area contributed by atoms with E-state index in [0.29, 0.717) is 0 Å². The van der Waals surface area contributed by atoms with Crippen LogP contribution in [0.3, 0.4) is 0 Å². The van der Waals surface area contributed by atoms with Gasteiger partial charge in [-0.1, -0.05) is 12.1 Å². The van der Waals surface area contributed by atoms with Gasteiger partial charge in [0.25, 0.3) is 5.69 Å². The third-order valence-corrected chi connectivity index (χ3v) is 2.26. The topological polar surface area (TPSA) is 67.2 Å². The highest BCUT2D eigenvalue weighted by Crippen LogP contribution is 2.11. The molecule has 1 rings (SSSR count). The van der Waals surface area contributed by atoms with E-state index in [0.717, 1.165) is 31.6 Å². The fraction of sp³-hybridized carbons (Fsp3) is 0.455. The highest BCUT2D eigenvalue weighted by Gasteiger charge is 2.02. The van der Waals surface area contributed by atoms with Crippen molar-refractivity contribution in [3.05, 3.63) is 39.9 Å². The number of rotatable bonds is 7. The van der Waals surface area contributed by atoms with E-state index in [1.54, 1.807) is 12.1 Å². The Morgan fingerprint density at radius 3 is 2.28 bits per heavy atom. The van der Waals surface area contributed by atoms with E-state index in [4.69, 9.17) is 0 Å². The molecular formula is C11H19Cl2N3O2. The summed E-state index contributed by atoms with van der Waals surface area (Å²) in [6.45, 7) is 2.69. The molecule has 0 heterocycles. The van der Waals surface area contributed by atoms with Crippen LogP contribution in [-0.2, 0) is 6.54 Å². The Bertz CT molecular complexity index is 334. The largest absolute Gasteiger partial charge is 0.320 e. The van der Waals surface area contributed by atoms with Gasteiger partial charge in [0.15, 0.2) is 0 Å². The third kappa shape index (κ3) is 7.45. The SMILES string of the molecule is CNCCCNCc1ccc([N+](=O)[O-])cc1.Cl.Cl. The average Bonchev–Trinajstić information content (AvgIpc) is 2.29. The quantitative estimate of drug-likeness (QED) is 0.459. The minimum absolute atomic E-state index is 0. The lowest BCUT2D eigenvalue weighted by molar-refractivity contribution is -0.384. The van der Waals surface area contributed by atoms with Crippen molar-refractivity contribution < 1.29 is 4.92 Å². The first kappa shape index (κ1) is 19.5. The van der Waals surface area contributed by atoms with Gasteiger partial charge in [0.1, 0.15) is 0 Å². The Morgan fingerprint density at radius 2 is 1.78 bits per heavy atom. The van der Waals surface area contributed by atoms with Crippen LogP contribution >= 0.6 is 24.8 Å². The van der Waals surface area contributed by atoms with Crippen molar-refractivity contribution >= 4 is 30.5 Å². The van der Waals surface area contributed by atoms with Gasteiger partial charge in [0.2, 0.25) is 0 Å². The normalized spacial score (nSPS) is 9.17. The number of nitrogens with zero attached hydrogens (tertiary/aromatic N) is 1. The minimum atomic E-state index is -0.385. The van der Waals surface area contributed by atoms with Gasteiger partial charge >= 0.3 is 0 Å². The molecule has 0 aromatic heterocycles. The van der Waals surface area contributed by atoms with Crippen LogP contribution in [-0.4, -0.2) is 25.1 Å². The van der Waals surface area contributed by atoms with Gasteiger partial charge in [-0.25, -0.2) is 0 Å². The maximum atomic E-state index is 10.4. The van der Waals surface area contributed by atoms with E-state index in [9.17, 15) is 10.1 Å². The number of nitro benzene ring substituents is 1. The van der Waals surface area contributed by atoms with Crippen LogP contribution in [0.2, 0.25) is 0 Å². The molecule has 104 valence electrons. The zero-order valence-electron chi connectivity index (χ0n) is 10.2. The van der Waals surface area contributed by atoms with Crippen LogP contribution in [0.4, 0.5) is 5.69 Å². The van der Waals surface area contributed by atoms with Crippen molar-refractivity contribution in [1.29, 1.82) is 0 Å². The fourth-order valence-electron chi connectivity index (χ4n) is 1.36. The maximum Gasteiger partial charge on any atom is 0.269 e. The van der Waals surface area contributed by atoms with E-state index < -0.39 is 0 Å². The molecule has 5 nitrogen and oxygen atoms in total. The van der Waals surface area contributed by atoms with Gasteiger partial charge in [-0.15, -0.1) is 24.8 Å². The summed E-state index contributed by atoms with van der Waals surface area (Å²) in [7, 11) is 1.93. The summed E-state index contributed by atoms with van der Waals surface area (Å²) in [4.78, 5) is 10.0. The zero-order chi connectivity index (χ0) is 11.8. The fourth-order valence-corrected chi connectivity index (χ4v) is 1.36. The van der Waals surface area contributed by atoms with Crippen LogP contribution in [0.25, 0.3) is 0 Å². The predicted molar refractivity (Wildman–Crippen MR) is 77.8 cm³/mol. The van der Waals surface area contributed by atoms with Gasteiger partial charge in [-0.05, 0) is 32.1 Å². The van der Waals surface area contributed by atoms with Crippen molar-refractivity contribution in [2.45, 2.75) is 13.0 Å². The molecule has 0 aliphatic carbocycles. The molecule has 1 aromatic rings. The van der Waals surface area contributed by atoms with Crippen molar-refractivity contribution in [1.82, 2.24) is 10.6 Å². The number of halogens is 2. The van der Waals surface area contributed by atoms with Crippen molar-refractivity contribution in [3.63, 3.8) is 0 Å². The monoisotopic (exact) mass is 295 g/mol. The Hall–Kier alpha value is -0.880. The van der Waals surface area contributed by atoms with E-state index in [2.05, 4.69) is 10.6 Å². The smallest absolute Gasteiger partial charge is 0.269 e. The third-order valence-electron chi connectivity index (χ3n) is 2.26. The Labute approximate surface area is 119 Å². The predicted octanol–water partition coefficient (Wildman–Crippen LogP) is 2.14. The molecule has 0 aliphatic heterocycles. The summed E-state index contributed by atoms with van der Waals surface area (Å²) in [6, 6.07) is 6.63. The summed E-state index contributed by atoms with van der Waals surface area (Å²) in [5, 5.41) is 16.8. The van der Waals surface area contributed by atoms with Crippen LogP contribution in [0, 0.1) is 10.1 Å². The average molecular weight is 296 g/mol. The molecule has 0 bridgehead atoms. The highest BCUT2D eigenvalue weighted by atomic mass is 35.5. The first-order valence-corrected chi connectivity index (χ1v) is 5.32. The van der Waals surface area contributed by atoms with Gasteiger partial charge in [-0.2, -0.15) is 0 Å². The van der Waals surface area contributed by atoms with Gasteiger partial charge in [0, 0.05) is 18.7 Å². The number of nitrogens with one attached hydrogen (secondary N) is 2. The zero-order valence-corrected chi connectivity index (χ0v) is 11.9. The second-order valence-corrected chi connectivity index (χ2v) is 3.56. The summed E-state index contributed by atoms with van der Waals surface area (Å²) >= 11 is 0. The van der Waals surface area contributed by atoms with Crippen molar-refractivity contribution in [2.24, 2.45) is 0 Å². The first-order chi connectivity index (χ1) is 7.74. The second-order valence-electron chi connectivity index (χ2n) is 3.56. The molecule has 0 saturated heterocycles. The number of benzene rings is 1. The van der Waals surface area contributed by atoms with Gasteiger partial charge in [0.05, 0.1) is 4.92 Å².